The topological polar surface area (TPSA) is 62.1 Å². The van der Waals surface area contributed by atoms with Gasteiger partial charge in [-0.2, -0.15) is 5.26 Å². The van der Waals surface area contributed by atoms with E-state index in [9.17, 15) is 14.4 Å². The maximum absolute atomic E-state index is 13.6. The molecule has 6 heteroatoms. The molecule has 33 heavy (non-hydrogen) atoms. The second-order valence-corrected chi connectivity index (χ2v) is 7.80. The lowest BCUT2D eigenvalue weighted by atomic mass is 10.0. The Morgan fingerprint density at radius 1 is 1.12 bits per heavy atom. The van der Waals surface area contributed by atoms with Gasteiger partial charge in [-0.1, -0.05) is 42.8 Å². The Morgan fingerprint density at radius 2 is 1.88 bits per heavy atom. The van der Waals surface area contributed by atoms with Crippen molar-refractivity contribution in [2.75, 3.05) is 11.9 Å². The zero-order chi connectivity index (χ0) is 23.8. The predicted molar refractivity (Wildman–Crippen MR) is 130 cm³/mol. The highest BCUT2D eigenvalue weighted by molar-refractivity contribution is 6.31. The highest BCUT2D eigenvalue weighted by atomic mass is 35.5. The number of carbonyl (C=O) groups excluding carboxylic acids is 1. The Bertz CT molecular complexity index is 1210. The molecular formula is C27H24ClFN2O2. The number of aryl methyl sites for hydroxylation is 1. The maximum Gasteiger partial charge on any atom is 0.266 e. The molecule has 0 aromatic heterocycles. The molecule has 0 saturated heterocycles. The average Bonchev–Trinajstić information content (AvgIpc) is 2.80. The van der Waals surface area contributed by atoms with Crippen LogP contribution in [0.5, 0.6) is 5.75 Å². The molecule has 0 saturated carbocycles. The molecule has 3 aromatic carbocycles. The Labute approximate surface area is 198 Å². The molecule has 0 atom stereocenters. The first kappa shape index (κ1) is 24.0. The fraction of sp³-hybridized carbons (Fsp3) is 0.185. The lowest BCUT2D eigenvalue weighted by Crippen LogP contribution is -2.13. The summed E-state index contributed by atoms with van der Waals surface area (Å²) in [5.41, 5.74) is 3.72. The summed E-state index contributed by atoms with van der Waals surface area (Å²) in [6, 6.07) is 19.1. The summed E-state index contributed by atoms with van der Waals surface area (Å²) in [5, 5.41) is 12.7. The highest BCUT2D eigenvalue weighted by Gasteiger charge is 2.14. The summed E-state index contributed by atoms with van der Waals surface area (Å²) in [5.74, 6) is -0.317. The molecule has 0 aliphatic heterocycles. The number of hydrogen-bond acceptors (Lipinski definition) is 3. The average molecular weight is 463 g/mol. The lowest BCUT2D eigenvalue weighted by Gasteiger charge is -2.14. The number of anilines is 1. The largest absolute Gasteiger partial charge is 0.494 e. The first-order valence-electron chi connectivity index (χ1n) is 10.6. The van der Waals surface area contributed by atoms with Gasteiger partial charge in [0, 0.05) is 22.7 Å². The molecule has 4 nitrogen and oxygen atoms in total. The Morgan fingerprint density at radius 3 is 2.52 bits per heavy atom. The zero-order valence-electron chi connectivity index (χ0n) is 18.5. The van der Waals surface area contributed by atoms with Crippen LogP contribution in [0.1, 0.15) is 36.1 Å². The highest BCUT2D eigenvalue weighted by Crippen LogP contribution is 2.32. The third-order valence-corrected chi connectivity index (χ3v) is 5.38. The van der Waals surface area contributed by atoms with Crippen LogP contribution in [-0.4, -0.2) is 12.5 Å². The van der Waals surface area contributed by atoms with Gasteiger partial charge in [0.2, 0.25) is 0 Å². The van der Waals surface area contributed by atoms with Gasteiger partial charge in [-0.3, -0.25) is 4.79 Å². The molecule has 0 spiro atoms. The zero-order valence-corrected chi connectivity index (χ0v) is 19.2. The van der Waals surface area contributed by atoms with Crippen molar-refractivity contribution in [3.8, 4) is 11.8 Å². The third kappa shape index (κ3) is 6.44. The number of halogens is 2. The number of hydrogen-bond donors (Lipinski definition) is 1. The van der Waals surface area contributed by atoms with Crippen molar-refractivity contribution in [2.24, 2.45) is 0 Å². The Hall–Kier alpha value is -3.62. The summed E-state index contributed by atoms with van der Waals surface area (Å²) < 4.78 is 19.4. The van der Waals surface area contributed by atoms with Crippen LogP contribution >= 0.6 is 11.6 Å². The van der Waals surface area contributed by atoms with Crippen LogP contribution in [0.25, 0.3) is 6.08 Å². The first-order valence-corrected chi connectivity index (χ1v) is 11.0. The molecule has 0 heterocycles. The third-order valence-electron chi connectivity index (χ3n) is 5.04. The predicted octanol–water partition coefficient (Wildman–Crippen LogP) is 6.58. The number of carbonyl (C=O) groups is 1. The van der Waals surface area contributed by atoms with Gasteiger partial charge >= 0.3 is 0 Å². The van der Waals surface area contributed by atoms with Gasteiger partial charge in [0.1, 0.15) is 23.2 Å². The number of ether oxygens (including phenoxy) is 1. The van der Waals surface area contributed by atoms with Gasteiger partial charge < -0.3 is 10.1 Å². The second kappa shape index (κ2) is 11.3. The maximum atomic E-state index is 13.6. The van der Waals surface area contributed by atoms with E-state index in [2.05, 4.69) is 12.2 Å². The van der Waals surface area contributed by atoms with Crippen molar-refractivity contribution in [2.45, 2.75) is 26.7 Å². The van der Waals surface area contributed by atoms with E-state index < -0.39 is 5.91 Å². The fourth-order valence-corrected chi connectivity index (χ4v) is 3.64. The molecular weight excluding hydrogens is 439 g/mol. The molecule has 1 N–H and O–H groups in total. The number of amides is 1. The minimum atomic E-state index is -0.514. The summed E-state index contributed by atoms with van der Waals surface area (Å²) in [7, 11) is 0. The van der Waals surface area contributed by atoms with Crippen LogP contribution in [0, 0.1) is 17.1 Å². The van der Waals surface area contributed by atoms with Gasteiger partial charge in [0.25, 0.3) is 5.91 Å². The van der Waals surface area contributed by atoms with Crippen molar-refractivity contribution < 1.29 is 13.9 Å². The molecule has 0 fully saturated rings. The monoisotopic (exact) mass is 462 g/mol. The van der Waals surface area contributed by atoms with Crippen molar-refractivity contribution in [3.63, 3.8) is 0 Å². The quantitative estimate of drug-likeness (QED) is 0.304. The SMILES string of the molecule is CCOc1cc(/C=C(\C#N)C(=O)Nc2ccc(CC)cc2)cc(Cl)c1Cc1cccc(F)c1. The lowest BCUT2D eigenvalue weighted by molar-refractivity contribution is -0.112. The van der Waals surface area contributed by atoms with Crippen molar-refractivity contribution >= 4 is 29.3 Å². The number of nitriles is 1. The van der Waals surface area contributed by atoms with Gasteiger partial charge in [0.05, 0.1) is 6.61 Å². The summed E-state index contributed by atoms with van der Waals surface area (Å²) in [6.07, 6.45) is 2.75. The molecule has 168 valence electrons. The fourth-order valence-electron chi connectivity index (χ4n) is 3.36. The van der Waals surface area contributed by atoms with E-state index in [1.54, 1.807) is 30.3 Å². The van der Waals surface area contributed by atoms with E-state index in [1.807, 2.05) is 31.2 Å². The molecule has 0 aliphatic rings. The molecule has 0 unspecified atom stereocenters. The molecule has 3 rings (SSSR count). The summed E-state index contributed by atoms with van der Waals surface area (Å²) in [6.45, 7) is 4.30. The molecule has 3 aromatic rings. The molecule has 0 aliphatic carbocycles. The van der Waals surface area contributed by atoms with E-state index in [0.717, 1.165) is 17.5 Å². The standard InChI is InChI=1S/C27H24ClFN2O2/c1-3-18-8-10-23(11-9-18)31-27(32)21(17-30)12-20-15-25(28)24(26(16-20)33-4-2)14-19-6-5-7-22(29)13-19/h5-13,15-16H,3-4,14H2,1-2H3,(H,31,32)/b21-12+. The van der Waals surface area contributed by atoms with Gasteiger partial charge in [0.15, 0.2) is 0 Å². The van der Waals surface area contributed by atoms with Crippen LogP contribution in [-0.2, 0) is 17.6 Å². The van der Waals surface area contributed by atoms with Crippen LogP contribution in [0.15, 0.2) is 66.2 Å². The van der Waals surface area contributed by atoms with Gasteiger partial charge in [-0.15, -0.1) is 0 Å². The molecule has 0 radical (unpaired) electrons. The van der Waals surface area contributed by atoms with Crippen molar-refractivity contribution in [3.05, 3.63) is 99.3 Å². The first-order chi connectivity index (χ1) is 15.9. The summed E-state index contributed by atoms with van der Waals surface area (Å²) in [4.78, 5) is 12.6. The van der Waals surface area contributed by atoms with Crippen LogP contribution < -0.4 is 10.1 Å². The Kier molecular flexibility index (Phi) is 8.23. The van der Waals surface area contributed by atoms with Crippen LogP contribution in [0.2, 0.25) is 5.02 Å². The second-order valence-electron chi connectivity index (χ2n) is 7.39. The smallest absolute Gasteiger partial charge is 0.266 e. The number of nitrogens with one attached hydrogen (secondary N) is 1. The minimum absolute atomic E-state index is 0.0639. The molecule has 0 bridgehead atoms. The normalized spacial score (nSPS) is 11.1. The van der Waals surface area contributed by atoms with E-state index in [1.165, 1.54) is 18.2 Å². The molecule has 1 amide bonds. The number of nitrogens with zero attached hydrogens (tertiary/aromatic N) is 1. The van der Waals surface area contributed by atoms with Crippen molar-refractivity contribution in [1.82, 2.24) is 0 Å². The van der Waals surface area contributed by atoms with Gasteiger partial charge in [-0.25, -0.2) is 4.39 Å². The van der Waals surface area contributed by atoms with E-state index in [4.69, 9.17) is 16.3 Å². The van der Waals surface area contributed by atoms with Crippen molar-refractivity contribution in [1.29, 1.82) is 5.26 Å². The van der Waals surface area contributed by atoms with E-state index in [-0.39, 0.29) is 11.4 Å². The number of benzene rings is 3. The Balaban J connectivity index is 1.88. The van der Waals surface area contributed by atoms with E-state index >= 15 is 0 Å². The van der Waals surface area contributed by atoms with Gasteiger partial charge in [-0.05, 0) is 72.5 Å². The number of rotatable bonds is 8. The van der Waals surface area contributed by atoms with Crippen LogP contribution in [0.3, 0.4) is 0 Å². The minimum Gasteiger partial charge on any atom is -0.494 e. The summed E-state index contributed by atoms with van der Waals surface area (Å²) >= 11 is 6.54. The van der Waals surface area contributed by atoms with E-state index in [0.29, 0.717) is 40.6 Å². The van der Waals surface area contributed by atoms with Crippen LogP contribution in [0.4, 0.5) is 10.1 Å².